The van der Waals surface area contributed by atoms with E-state index in [0.29, 0.717) is 34.4 Å². The van der Waals surface area contributed by atoms with Gasteiger partial charge >= 0.3 is 5.63 Å². The molecule has 7 heteroatoms. The summed E-state index contributed by atoms with van der Waals surface area (Å²) in [6.45, 7) is 0.735. The van der Waals surface area contributed by atoms with Gasteiger partial charge in [-0.1, -0.05) is 41.9 Å². The summed E-state index contributed by atoms with van der Waals surface area (Å²) in [5, 5.41) is 1.24. The minimum Gasteiger partial charge on any atom is -0.493 e. The first-order chi connectivity index (χ1) is 15.6. The molecule has 3 aromatic carbocycles. The molecule has 4 aromatic rings. The molecule has 0 amide bonds. The standard InChI is InChI=1S/C25H20ClNO5/c1-29-21-9-8-16(10-22(21)30-2)27-13-19-24-18(11-20(26)25(19)31-14-27)17(12-23(28)32-24)15-6-4-3-5-7-15/h3-12H,13-14H2,1-2H3. The molecular weight excluding hydrogens is 430 g/mol. The first kappa shape index (κ1) is 20.3. The Hall–Kier alpha value is -3.64. The molecule has 2 heterocycles. The van der Waals surface area contributed by atoms with Crippen LogP contribution >= 0.6 is 11.6 Å². The second kappa shape index (κ2) is 8.13. The van der Waals surface area contributed by atoms with Crippen LogP contribution in [0.15, 0.2) is 69.9 Å². The highest BCUT2D eigenvalue weighted by Gasteiger charge is 2.26. The third-order valence-corrected chi connectivity index (χ3v) is 5.85. The van der Waals surface area contributed by atoms with Gasteiger partial charge in [0.05, 0.1) is 31.4 Å². The van der Waals surface area contributed by atoms with Crippen molar-refractivity contribution in [2.45, 2.75) is 6.54 Å². The maximum Gasteiger partial charge on any atom is 0.336 e. The molecule has 0 bridgehead atoms. The fourth-order valence-corrected chi connectivity index (χ4v) is 4.31. The Bertz CT molecular complexity index is 1370. The molecule has 0 fully saturated rings. The van der Waals surface area contributed by atoms with Crippen LogP contribution in [0.1, 0.15) is 5.56 Å². The molecule has 162 valence electrons. The Morgan fingerprint density at radius 1 is 0.969 bits per heavy atom. The largest absolute Gasteiger partial charge is 0.493 e. The SMILES string of the molecule is COc1ccc(N2COc3c(Cl)cc4c(-c5ccccc5)cc(=O)oc4c3C2)cc1OC. The predicted molar refractivity (Wildman–Crippen MR) is 124 cm³/mol. The molecule has 0 aliphatic carbocycles. The summed E-state index contributed by atoms with van der Waals surface area (Å²) in [5.41, 5.74) is 3.33. The molecular formula is C25H20ClNO5. The van der Waals surface area contributed by atoms with E-state index in [0.717, 1.165) is 27.8 Å². The van der Waals surface area contributed by atoms with Crippen LogP contribution in [0.5, 0.6) is 17.2 Å². The molecule has 0 unspecified atom stereocenters. The zero-order chi connectivity index (χ0) is 22.2. The maximum atomic E-state index is 12.5. The van der Waals surface area contributed by atoms with Crippen LogP contribution < -0.4 is 24.7 Å². The Balaban J connectivity index is 1.65. The van der Waals surface area contributed by atoms with Crippen LogP contribution in [0.2, 0.25) is 5.02 Å². The third kappa shape index (κ3) is 3.42. The highest BCUT2D eigenvalue weighted by molar-refractivity contribution is 6.33. The average molecular weight is 450 g/mol. The van der Waals surface area contributed by atoms with Crippen molar-refractivity contribution in [2.24, 2.45) is 0 Å². The highest BCUT2D eigenvalue weighted by Crippen LogP contribution is 2.42. The van der Waals surface area contributed by atoms with E-state index in [9.17, 15) is 4.79 Å². The first-order valence-electron chi connectivity index (χ1n) is 10.0. The minimum absolute atomic E-state index is 0.288. The second-order valence-corrected chi connectivity index (χ2v) is 7.81. The molecule has 0 atom stereocenters. The van der Waals surface area contributed by atoms with Gasteiger partial charge < -0.3 is 23.5 Å². The van der Waals surface area contributed by atoms with Gasteiger partial charge in [-0.2, -0.15) is 0 Å². The van der Waals surface area contributed by atoms with Gasteiger partial charge in [0.25, 0.3) is 0 Å². The molecule has 0 spiro atoms. The number of ether oxygens (including phenoxy) is 3. The number of methoxy groups -OCH3 is 2. The lowest BCUT2D eigenvalue weighted by atomic mass is 9.99. The van der Waals surface area contributed by atoms with E-state index in [1.54, 1.807) is 20.3 Å². The van der Waals surface area contributed by atoms with Gasteiger partial charge in [0.15, 0.2) is 18.2 Å². The lowest BCUT2D eigenvalue weighted by Crippen LogP contribution is -2.32. The molecule has 6 nitrogen and oxygen atoms in total. The summed E-state index contributed by atoms with van der Waals surface area (Å²) in [4.78, 5) is 14.5. The predicted octanol–water partition coefficient (Wildman–Crippen LogP) is 5.49. The summed E-state index contributed by atoms with van der Waals surface area (Å²) < 4.78 is 22.5. The van der Waals surface area contributed by atoms with Crippen LogP contribution in [0.4, 0.5) is 5.69 Å². The molecule has 1 aliphatic rings. The van der Waals surface area contributed by atoms with Gasteiger partial charge in [0, 0.05) is 23.2 Å². The lowest BCUT2D eigenvalue weighted by Gasteiger charge is -2.32. The number of fused-ring (bicyclic) bond motifs is 3. The van der Waals surface area contributed by atoms with E-state index < -0.39 is 5.63 Å². The number of hydrogen-bond donors (Lipinski definition) is 0. The Morgan fingerprint density at radius 3 is 2.50 bits per heavy atom. The number of benzene rings is 3. The van der Waals surface area contributed by atoms with Crippen LogP contribution in [0.25, 0.3) is 22.1 Å². The van der Waals surface area contributed by atoms with Gasteiger partial charge in [-0.05, 0) is 29.3 Å². The van der Waals surface area contributed by atoms with Crippen molar-refractivity contribution in [3.05, 3.63) is 81.7 Å². The Kier molecular flexibility index (Phi) is 5.15. The van der Waals surface area contributed by atoms with Crippen LogP contribution in [-0.4, -0.2) is 21.0 Å². The van der Waals surface area contributed by atoms with Crippen molar-refractivity contribution in [1.82, 2.24) is 0 Å². The molecule has 0 N–H and O–H groups in total. The summed E-state index contributed by atoms with van der Waals surface area (Å²) in [6.07, 6.45) is 0. The zero-order valence-electron chi connectivity index (χ0n) is 17.6. The molecule has 0 saturated heterocycles. The fraction of sp³-hybridized carbons (Fsp3) is 0.160. The third-order valence-electron chi connectivity index (χ3n) is 5.57. The number of hydrogen-bond acceptors (Lipinski definition) is 6. The number of rotatable bonds is 4. The van der Waals surface area contributed by atoms with Crippen LogP contribution in [0.3, 0.4) is 0 Å². The Labute approximate surface area is 189 Å². The van der Waals surface area contributed by atoms with E-state index in [1.165, 1.54) is 6.07 Å². The second-order valence-electron chi connectivity index (χ2n) is 7.40. The quantitative estimate of drug-likeness (QED) is 0.384. The van der Waals surface area contributed by atoms with E-state index >= 15 is 0 Å². The number of halogens is 1. The molecule has 1 aromatic heterocycles. The smallest absolute Gasteiger partial charge is 0.336 e. The average Bonchev–Trinajstić information content (AvgIpc) is 2.84. The molecule has 32 heavy (non-hydrogen) atoms. The van der Waals surface area contributed by atoms with Crippen molar-refractivity contribution in [2.75, 3.05) is 25.9 Å². The lowest BCUT2D eigenvalue weighted by molar-refractivity contribution is 0.289. The van der Waals surface area contributed by atoms with Crippen LogP contribution in [0, 0.1) is 0 Å². The summed E-state index contributed by atoms with van der Waals surface area (Å²) in [7, 11) is 3.19. The van der Waals surface area contributed by atoms with Crippen LogP contribution in [-0.2, 0) is 6.54 Å². The molecule has 1 aliphatic heterocycles. The summed E-state index contributed by atoms with van der Waals surface area (Å²) in [5.74, 6) is 1.79. The van der Waals surface area contributed by atoms with Gasteiger partial charge in [-0.3, -0.25) is 0 Å². The minimum atomic E-state index is -0.427. The van der Waals surface area contributed by atoms with Gasteiger partial charge in [0.2, 0.25) is 0 Å². The molecule has 0 radical (unpaired) electrons. The van der Waals surface area contributed by atoms with Crippen molar-refractivity contribution >= 4 is 28.3 Å². The topological polar surface area (TPSA) is 61.1 Å². The number of nitrogens with zero attached hydrogens (tertiary/aromatic N) is 1. The summed E-state index contributed by atoms with van der Waals surface area (Å²) in [6, 6.07) is 18.6. The van der Waals surface area contributed by atoms with E-state index in [4.69, 9.17) is 30.2 Å². The van der Waals surface area contributed by atoms with E-state index in [2.05, 4.69) is 0 Å². The monoisotopic (exact) mass is 449 g/mol. The fourth-order valence-electron chi connectivity index (χ4n) is 4.03. The van der Waals surface area contributed by atoms with Gasteiger partial charge in [-0.25, -0.2) is 4.79 Å². The van der Waals surface area contributed by atoms with Gasteiger partial charge in [0.1, 0.15) is 11.3 Å². The highest BCUT2D eigenvalue weighted by atomic mass is 35.5. The van der Waals surface area contributed by atoms with Crippen molar-refractivity contribution in [3.8, 4) is 28.4 Å². The first-order valence-corrected chi connectivity index (χ1v) is 10.4. The molecule has 5 rings (SSSR count). The van der Waals surface area contributed by atoms with Gasteiger partial charge in [-0.15, -0.1) is 0 Å². The summed E-state index contributed by atoms with van der Waals surface area (Å²) >= 11 is 6.60. The van der Waals surface area contributed by atoms with Crippen molar-refractivity contribution < 1.29 is 18.6 Å². The normalized spacial score (nSPS) is 12.9. The molecule has 0 saturated carbocycles. The zero-order valence-corrected chi connectivity index (χ0v) is 18.3. The van der Waals surface area contributed by atoms with Crippen molar-refractivity contribution in [3.63, 3.8) is 0 Å². The van der Waals surface area contributed by atoms with Crippen molar-refractivity contribution in [1.29, 1.82) is 0 Å². The number of anilines is 1. The van der Waals surface area contributed by atoms with E-state index in [-0.39, 0.29) is 6.73 Å². The maximum absolute atomic E-state index is 12.5. The van der Waals surface area contributed by atoms with E-state index in [1.807, 2.05) is 53.4 Å². The Morgan fingerprint density at radius 2 is 1.75 bits per heavy atom.